The van der Waals surface area contributed by atoms with Gasteiger partial charge in [0.05, 0.1) is 12.5 Å². The van der Waals surface area contributed by atoms with Crippen molar-refractivity contribution in [1.29, 1.82) is 0 Å². The van der Waals surface area contributed by atoms with E-state index >= 15 is 0 Å². The van der Waals surface area contributed by atoms with Gasteiger partial charge >= 0.3 is 11.9 Å². The minimum atomic E-state index is -0.310. The minimum absolute atomic E-state index is 0.00927. The molecule has 0 saturated heterocycles. The van der Waals surface area contributed by atoms with Gasteiger partial charge in [0.1, 0.15) is 6.10 Å². The molecule has 4 nitrogen and oxygen atoms in total. The molecule has 1 aliphatic rings. The fourth-order valence-electron chi connectivity index (χ4n) is 2.08. The quantitative estimate of drug-likeness (QED) is 0.710. The van der Waals surface area contributed by atoms with Crippen molar-refractivity contribution in [3.63, 3.8) is 0 Å². The average Bonchev–Trinajstić information content (AvgIpc) is 2.36. The fourth-order valence-corrected chi connectivity index (χ4v) is 2.08. The highest BCUT2D eigenvalue weighted by Crippen LogP contribution is 2.22. The molecule has 1 fully saturated rings. The summed E-state index contributed by atoms with van der Waals surface area (Å²) >= 11 is 0. The Hall–Kier alpha value is -1.06. The van der Waals surface area contributed by atoms with Crippen LogP contribution in [-0.2, 0) is 19.1 Å². The molecule has 0 heterocycles. The molecule has 1 aliphatic carbocycles. The first-order valence-electron chi connectivity index (χ1n) is 6.84. The van der Waals surface area contributed by atoms with Gasteiger partial charge in [0.2, 0.25) is 0 Å². The number of rotatable bonds is 5. The Kier molecular flexibility index (Phi) is 6.16. The Morgan fingerprint density at radius 3 is 2.33 bits per heavy atom. The lowest BCUT2D eigenvalue weighted by Crippen LogP contribution is -2.29. The lowest BCUT2D eigenvalue weighted by atomic mass is 9.95. The molecule has 0 amide bonds. The zero-order valence-corrected chi connectivity index (χ0v) is 11.6. The molecule has 0 aromatic carbocycles. The lowest BCUT2D eigenvalue weighted by molar-refractivity contribution is -0.159. The molecule has 18 heavy (non-hydrogen) atoms. The third-order valence-electron chi connectivity index (χ3n) is 3.61. The van der Waals surface area contributed by atoms with Crippen LogP contribution in [0.3, 0.4) is 0 Å². The van der Waals surface area contributed by atoms with Crippen LogP contribution in [0.25, 0.3) is 0 Å². The first-order chi connectivity index (χ1) is 8.50. The van der Waals surface area contributed by atoms with Crippen LogP contribution >= 0.6 is 0 Å². The standard InChI is InChI=1S/C14H24O4/c1-10(9-17-12(3)15)11(2)14(16)18-13-7-5-4-6-8-13/h10-11,13H,4-9H2,1-3H3. The Labute approximate surface area is 109 Å². The van der Waals surface area contributed by atoms with E-state index in [9.17, 15) is 9.59 Å². The molecule has 0 radical (unpaired) electrons. The van der Waals surface area contributed by atoms with Crippen LogP contribution < -0.4 is 0 Å². The van der Waals surface area contributed by atoms with E-state index in [2.05, 4.69) is 0 Å². The number of esters is 2. The van der Waals surface area contributed by atoms with Crippen molar-refractivity contribution < 1.29 is 19.1 Å². The first-order valence-corrected chi connectivity index (χ1v) is 6.84. The Bertz CT molecular complexity index is 282. The Morgan fingerprint density at radius 1 is 1.17 bits per heavy atom. The molecule has 0 aromatic heterocycles. The van der Waals surface area contributed by atoms with E-state index < -0.39 is 0 Å². The summed E-state index contributed by atoms with van der Waals surface area (Å²) in [4.78, 5) is 22.7. The summed E-state index contributed by atoms with van der Waals surface area (Å²) in [6.07, 6.45) is 5.60. The van der Waals surface area contributed by atoms with Gasteiger partial charge in [-0.2, -0.15) is 0 Å². The maximum atomic E-state index is 11.9. The van der Waals surface area contributed by atoms with E-state index in [-0.39, 0.29) is 36.5 Å². The molecular weight excluding hydrogens is 232 g/mol. The summed E-state index contributed by atoms with van der Waals surface area (Å²) in [6.45, 7) is 5.38. The van der Waals surface area contributed by atoms with Gasteiger partial charge in [-0.25, -0.2) is 0 Å². The molecule has 0 spiro atoms. The predicted octanol–water partition coefficient (Wildman–Crippen LogP) is 2.70. The maximum Gasteiger partial charge on any atom is 0.309 e. The largest absolute Gasteiger partial charge is 0.466 e. The van der Waals surface area contributed by atoms with E-state index in [0.717, 1.165) is 25.7 Å². The van der Waals surface area contributed by atoms with Gasteiger partial charge in [-0.05, 0) is 25.7 Å². The molecule has 0 bridgehead atoms. The van der Waals surface area contributed by atoms with Gasteiger partial charge in [-0.3, -0.25) is 9.59 Å². The van der Waals surface area contributed by atoms with Gasteiger partial charge in [0.15, 0.2) is 0 Å². The van der Waals surface area contributed by atoms with Crippen LogP contribution in [0.2, 0.25) is 0 Å². The normalized spacial score (nSPS) is 19.9. The molecule has 2 atom stereocenters. The fraction of sp³-hybridized carbons (Fsp3) is 0.857. The molecule has 4 heteroatoms. The summed E-state index contributed by atoms with van der Waals surface area (Å²) in [7, 11) is 0. The lowest BCUT2D eigenvalue weighted by Gasteiger charge is -2.25. The van der Waals surface area contributed by atoms with Gasteiger partial charge in [0, 0.05) is 12.8 Å². The van der Waals surface area contributed by atoms with Crippen LogP contribution in [0.1, 0.15) is 52.9 Å². The average molecular weight is 256 g/mol. The van der Waals surface area contributed by atoms with E-state index in [1.807, 2.05) is 13.8 Å². The topological polar surface area (TPSA) is 52.6 Å². The van der Waals surface area contributed by atoms with E-state index in [1.165, 1.54) is 13.3 Å². The summed E-state index contributed by atoms with van der Waals surface area (Å²) in [5, 5.41) is 0. The van der Waals surface area contributed by atoms with Crippen molar-refractivity contribution in [1.82, 2.24) is 0 Å². The molecule has 1 saturated carbocycles. The van der Waals surface area contributed by atoms with Crippen LogP contribution in [0.4, 0.5) is 0 Å². The molecule has 2 unspecified atom stereocenters. The molecule has 1 rings (SSSR count). The summed E-state index contributed by atoms with van der Waals surface area (Å²) in [5.41, 5.74) is 0. The second-order valence-corrected chi connectivity index (χ2v) is 5.27. The number of carbonyl (C=O) groups is 2. The third kappa shape index (κ3) is 5.07. The second kappa shape index (κ2) is 7.39. The third-order valence-corrected chi connectivity index (χ3v) is 3.61. The Balaban J connectivity index is 2.32. The van der Waals surface area contributed by atoms with Crippen molar-refractivity contribution in [2.75, 3.05) is 6.61 Å². The highest BCUT2D eigenvalue weighted by atomic mass is 16.5. The van der Waals surface area contributed by atoms with E-state index in [0.29, 0.717) is 0 Å². The molecular formula is C14H24O4. The van der Waals surface area contributed by atoms with Gasteiger partial charge in [-0.1, -0.05) is 20.3 Å². The van der Waals surface area contributed by atoms with Crippen molar-refractivity contribution in [2.24, 2.45) is 11.8 Å². The van der Waals surface area contributed by atoms with Crippen molar-refractivity contribution >= 4 is 11.9 Å². The van der Waals surface area contributed by atoms with Crippen LogP contribution in [0, 0.1) is 11.8 Å². The van der Waals surface area contributed by atoms with Gasteiger partial charge in [0.25, 0.3) is 0 Å². The number of hydrogen-bond donors (Lipinski definition) is 0. The highest BCUT2D eigenvalue weighted by molar-refractivity contribution is 5.72. The van der Waals surface area contributed by atoms with Gasteiger partial charge in [-0.15, -0.1) is 0 Å². The van der Waals surface area contributed by atoms with E-state index in [1.54, 1.807) is 0 Å². The summed E-state index contributed by atoms with van der Waals surface area (Å²) in [5.74, 6) is -0.715. The van der Waals surface area contributed by atoms with Crippen LogP contribution in [0.15, 0.2) is 0 Å². The molecule has 0 N–H and O–H groups in total. The van der Waals surface area contributed by atoms with Gasteiger partial charge < -0.3 is 9.47 Å². The number of ether oxygens (including phenoxy) is 2. The number of hydrogen-bond acceptors (Lipinski definition) is 4. The van der Waals surface area contributed by atoms with Crippen LogP contribution in [0.5, 0.6) is 0 Å². The van der Waals surface area contributed by atoms with Crippen molar-refractivity contribution in [2.45, 2.75) is 59.0 Å². The SMILES string of the molecule is CC(=O)OCC(C)C(C)C(=O)OC1CCCCC1. The van der Waals surface area contributed by atoms with E-state index in [4.69, 9.17) is 9.47 Å². The summed E-state index contributed by atoms with van der Waals surface area (Å²) in [6, 6.07) is 0. The Morgan fingerprint density at radius 2 is 1.78 bits per heavy atom. The zero-order chi connectivity index (χ0) is 13.5. The first kappa shape index (κ1) is 15.0. The maximum absolute atomic E-state index is 11.9. The second-order valence-electron chi connectivity index (χ2n) is 5.27. The smallest absolute Gasteiger partial charge is 0.309 e. The zero-order valence-electron chi connectivity index (χ0n) is 11.6. The molecule has 104 valence electrons. The van der Waals surface area contributed by atoms with Crippen LogP contribution in [-0.4, -0.2) is 24.6 Å². The van der Waals surface area contributed by atoms with Crippen molar-refractivity contribution in [3.05, 3.63) is 0 Å². The number of carbonyl (C=O) groups excluding carboxylic acids is 2. The van der Waals surface area contributed by atoms with Crippen molar-refractivity contribution in [3.8, 4) is 0 Å². The highest BCUT2D eigenvalue weighted by Gasteiger charge is 2.26. The minimum Gasteiger partial charge on any atom is -0.466 e. The monoisotopic (exact) mass is 256 g/mol. The summed E-state index contributed by atoms with van der Waals surface area (Å²) < 4.78 is 10.4. The predicted molar refractivity (Wildman–Crippen MR) is 67.9 cm³/mol. The molecule has 0 aromatic rings. The molecule has 0 aliphatic heterocycles.